The molecule has 2 aliphatic heterocycles. The molecule has 3 aliphatic rings. The van der Waals surface area contributed by atoms with Crippen LogP contribution in [0.15, 0.2) is 49.2 Å². The van der Waals surface area contributed by atoms with Gasteiger partial charge in [-0.25, -0.2) is 8.78 Å². The van der Waals surface area contributed by atoms with Crippen molar-refractivity contribution in [1.82, 2.24) is 9.88 Å². The van der Waals surface area contributed by atoms with Gasteiger partial charge in [-0.1, -0.05) is 6.58 Å². The summed E-state index contributed by atoms with van der Waals surface area (Å²) in [6.07, 6.45) is 4.44. The second-order valence-corrected chi connectivity index (χ2v) is 11.6. The normalized spacial score (nSPS) is 17.3. The maximum atomic E-state index is 15.4. The lowest BCUT2D eigenvalue weighted by Crippen LogP contribution is -2.45. The van der Waals surface area contributed by atoms with Crippen molar-refractivity contribution in [3.8, 4) is 11.5 Å². The number of fused-ring (bicyclic) bond motifs is 2. The van der Waals surface area contributed by atoms with E-state index < -0.39 is 22.7 Å². The van der Waals surface area contributed by atoms with Crippen LogP contribution in [0.4, 0.5) is 25.8 Å². The average Bonchev–Trinajstić information content (AvgIpc) is 3.83. The number of carbonyl (C=O) groups excluding carboxylic acids is 2. The van der Waals surface area contributed by atoms with Crippen molar-refractivity contribution in [3.63, 3.8) is 0 Å². The lowest BCUT2D eigenvalue weighted by Gasteiger charge is -2.35. The van der Waals surface area contributed by atoms with Crippen LogP contribution in [0.2, 0.25) is 0 Å². The van der Waals surface area contributed by atoms with E-state index in [1.54, 1.807) is 6.20 Å². The van der Waals surface area contributed by atoms with E-state index in [0.717, 1.165) is 65.2 Å². The molecule has 1 spiro atoms. The highest BCUT2D eigenvalue weighted by Gasteiger charge is 2.57. The molecule has 3 heterocycles. The van der Waals surface area contributed by atoms with Crippen LogP contribution in [0.3, 0.4) is 0 Å². The zero-order chi connectivity index (χ0) is 31.2. The summed E-state index contributed by atoms with van der Waals surface area (Å²) in [7, 11) is 4.65. The van der Waals surface area contributed by atoms with Crippen LogP contribution in [-0.2, 0) is 28.0 Å². The molecule has 9 nitrogen and oxygen atoms in total. The molecule has 0 bridgehead atoms. The maximum Gasteiger partial charge on any atom is 0.247 e. The molecule has 0 unspecified atom stereocenters. The number of pyridine rings is 1. The molecule has 0 atom stereocenters. The Morgan fingerprint density at radius 3 is 2.36 bits per heavy atom. The second kappa shape index (κ2) is 11.5. The van der Waals surface area contributed by atoms with Crippen LogP contribution in [0.1, 0.15) is 35.2 Å². The third kappa shape index (κ3) is 5.15. The Kier molecular flexibility index (Phi) is 7.75. The first-order valence-corrected chi connectivity index (χ1v) is 14.6. The minimum atomic E-state index is -0.961. The first-order valence-electron chi connectivity index (χ1n) is 14.6. The number of carbonyl (C=O) groups is 2. The van der Waals surface area contributed by atoms with Crippen molar-refractivity contribution in [2.75, 3.05) is 62.6 Å². The Morgan fingerprint density at radius 2 is 1.75 bits per heavy atom. The molecular weight excluding hydrogens is 568 g/mol. The molecule has 1 N–H and O–H groups in total. The molecule has 1 aliphatic carbocycles. The predicted octanol–water partition coefficient (Wildman–Crippen LogP) is 4.42. The van der Waals surface area contributed by atoms with Crippen LogP contribution in [-0.4, -0.2) is 69.1 Å². The summed E-state index contributed by atoms with van der Waals surface area (Å²) in [4.78, 5) is 36.6. The van der Waals surface area contributed by atoms with Crippen molar-refractivity contribution in [2.45, 2.75) is 31.2 Å². The highest BCUT2D eigenvalue weighted by Crippen LogP contribution is 2.55. The van der Waals surface area contributed by atoms with Crippen LogP contribution in [0.5, 0.6) is 11.5 Å². The molecule has 3 aromatic rings. The minimum Gasteiger partial charge on any atom is -0.493 e. The quantitative estimate of drug-likeness (QED) is 0.382. The molecule has 1 saturated heterocycles. The number of hydrogen-bond acceptors (Lipinski definition) is 7. The number of nitrogens with zero attached hydrogens (tertiary/aromatic N) is 4. The van der Waals surface area contributed by atoms with Crippen LogP contribution >= 0.6 is 0 Å². The van der Waals surface area contributed by atoms with Gasteiger partial charge in [-0.05, 0) is 66.9 Å². The second-order valence-electron chi connectivity index (χ2n) is 11.6. The van der Waals surface area contributed by atoms with E-state index in [1.807, 2.05) is 18.2 Å². The van der Waals surface area contributed by atoms with E-state index in [9.17, 15) is 9.59 Å². The fourth-order valence-corrected chi connectivity index (χ4v) is 6.20. The smallest absolute Gasteiger partial charge is 0.247 e. The van der Waals surface area contributed by atoms with E-state index >= 15 is 8.78 Å². The van der Waals surface area contributed by atoms with Crippen LogP contribution in [0, 0.1) is 11.6 Å². The third-order valence-corrected chi connectivity index (χ3v) is 8.88. The standard InChI is InChI=1S/C33H35F2N5O4/c1-5-28(41)37-25-7-6-23(39-12-10-38(2)11-13-39)15-20(25)14-22-16-24-21(18-36-22)19-40(32(42)33(24)8-9-33)31-29(34)26(43-3)17-27(44-4)30(31)35/h5-7,15-18H,1,8-14,19H2,2-4H3,(H,37,41). The predicted molar refractivity (Wildman–Crippen MR) is 164 cm³/mol. The average molecular weight is 604 g/mol. The van der Waals surface area contributed by atoms with Gasteiger partial charge in [0.05, 0.1) is 26.2 Å². The Labute approximate surface area is 255 Å². The summed E-state index contributed by atoms with van der Waals surface area (Å²) >= 11 is 0. The Bertz CT molecular complexity index is 1620. The number of likely N-dealkylation sites (N-methyl/N-ethyl adjacent to an activating group) is 1. The van der Waals surface area contributed by atoms with E-state index in [2.05, 4.69) is 34.8 Å². The Hall–Kier alpha value is -4.51. The highest BCUT2D eigenvalue weighted by atomic mass is 19.1. The van der Waals surface area contributed by atoms with Gasteiger partial charge >= 0.3 is 0 Å². The van der Waals surface area contributed by atoms with E-state index in [4.69, 9.17) is 14.5 Å². The van der Waals surface area contributed by atoms with Crippen molar-refractivity contribution in [1.29, 1.82) is 0 Å². The van der Waals surface area contributed by atoms with Gasteiger partial charge in [-0.2, -0.15) is 0 Å². The topological polar surface area (TPSA) is 87.2 Å². The monoisotopic (exact) mass is 603 g/mol. The van der Waals surface area contributed by atoms with Crippen LogP contribution < -0.4 is 24.6 Å². The van der Waals surface area contributed by atoms with Gasteiger partial charge in [0.15, 0.2) is 23.1 Å². The first-order chi connectivity index (χ1) is 21.2. The number of halogens is 2. The molecule has 2 amide bonds. The number of methoxy groups -OCH3 is 2. The number of piperazine rings is 1. The number of amides is 2. The van der Waals surface area contributed by atoms with Crippen molar-refractivity contribution < 1.29 is 27.8 Å². The van der Waals surface area contributed by atoms with Gasteiger partial charge in [-0.3, -0.25) is 14.6 Å². The number of benzene rings is 2. The summed E-state index contributed by atoms with van der Waals surface area (Å²) in [5.74, 6) is -3.03. The molecule has 1 saturated carbocycles. The van der Waals surface area contributed by atoms with Gasteiger partial charge in [0.2, 0.25) is 11.8 Å². The van der Waals surface area contributed by atoms with E-state index in [1.165, 1.54) is 20.3 Å². The molecule has 44 heavy (non-hydrogen) atoms. The first kappa shape index (κ1) is 29.6. The number of aromatic nitrogens is 1. The molecule has 2 aromatic carbocycles. The molecule has 0 radical (unpaired) electrons. The number of anilines is 3. The molecule has 1 aromatic heterocycles. The van der Waals surface area contributed by atoms with Crippen molar-refractivity contribution in [2.24, 2.45) is 0 Å². The zero-order valence-electron chi connectivity index (χ0n) is 25.1. The summed E-state index contributed by atoms with van der Waals surface area (Å²) in [5, 5.41) is 2.91. The van der Waals surface area contributed by atoms with Crippen molar-refractivity contribution in [3.05, 3.63) is 83.2 Å². The zero-order valence-corrected chi connectivity index (χ0v) is 25.1. The molecular formula is C33H35F2N5O4. The van der Waals surface area contributed by atoms with E-state index in [0.29, 0.717) is 24.9 Å². The number of hydrogen-bond donors (Lipinski definition) is 1. The van der Waals surface area contributed by atoms with Gasteiger partial charge in [0.25, 0.3) is 0 Å². The van der Waals surface area contributed by atoms with Gasteiger partial charge in [0, 0.05) is 61.9 Å². The summed E-state index contributed by atoms with van der Waals surface area (Å²) < 4.78 is 41.1. The summed E-state index contributed by atoms with van der Waals surface area (Å²) in [6.45, 7) is 7.23. The highest BCUT2D eigenvalue weighted by molar-refractivity contribution is 6.05. The summed E-state index contributed by atoms with van der Waals surface area (Å²) in [5.41, 5.74) is 3.49. The van der Waals surface area contributed by atoms with E-state index in [-0.39, 0.29) is 29.9 Å². The van der Waals surface area contributed by atoms with Crippen molar-refractivity contribution >= 4 is 28.9 Å². The molecule has 2 fully saturated rings. The van der Waals surface area contributed by atoms with Gasteiger partial charge in [0.1, 0.15) is 5.69 Å². The molecule has 11 heteroatoms. The SMILES string of the molecule is C=CC(=O)Nc1ccc(N2CCN(C)CC2)cc1Cc1cc2c(cn1)CN(c1c(F)c(OC)cc(OC)c1F)C(=O)C21CC1. The minimum absolute atomic E-state index is 0.0487. The number of ether oxygens (including phenoxy) is 2. The Balaban J connectivity index is 1.35. The molecule has 230 valence electrons. The lowest BCUT2D eigenvalue weighted by molar-refractivity contribution is -0.121. The van der Waals surface area contributed by atoms with Gasteiger partial charge in [-0.15, -0.1) is 0 Å². The number of nitrogens with one attached hydrogen (secondary N) is 1. The fourth-order valence-electron chi connectivity index (χ4n) is 6.20. The largest absolute Gasteiger partial charge is 0.493 e. The third-order valence-electron chi connectivity index (χ3n) is 8.88. The lowest BCUT2D eigenvalue weighted by atomic mass is 9.85. The van der Waals surface area contributed by atoms with Gasteiger partial charge < -0.3 is 29.5 Å². The fraction of sp³-hybridized carbons (Fsp3) is 0.364. The van der Waals surface area contributed by atoms with Crippen LogP contribution in [0.25, 0.3) is 0 Å². The summed E-state index contributed by atoms with van der Waals surface area (Å²) in [6, 6.07) is 9.04. The molecule has 6 rings (SSSR count). The number of rotatable bonds is 8. The Morgan fingerprint density at radius 1 is 1.07 bits per heavy atom. The maximum absolute atomic E-state index is 15.4.